The highest BCUT2D eigenvalue weighted by Crippen LogP contribution is 2.27. The van der Waals surface area contributed by atoms with Crippen molar-refractivity contribution in [3.05, 3.63) is 27.7 Å². The van der Waals surface area contributed by atoms with Crippen LogP contribution in [0.25, 0.3) is 0 Å². The third-order valence-electron chi connectivity index (χ3n) is 2.87. The van der Waals surface area contributed by atoms with Gasteiger partial charge in [-0.2, -0.15) is 0 Å². The molecule has 0 bridgehead atoms. The van der Waals surface area contributed by atoms with Crippen molar-refractivity contribution in [1.82, 2.24) is 9.62 Å². The minimum atomic E-state index is -3.41. The van der Waals surface area contributed by atoms with E-state index in [1.165, 1.54) is 4.31 Å². The zero-order valence-electron chi connectivity index (χ0n) is 11.1. The summed E-state index contributed by atoms with van der Waals surface area (Å²) in [5.74, 6) is 0. The van der Waals surface area contributed by atoms with Crippen molar-refractivity contribution < 1.29 is 8.42 Å². The van der Waals surface area contributed by atoms with Gasteiger partial charge in [0.25, 0.3) is 0 Å². The Hall–Kier alpha value is -0.430. The van der Waals surface area contributed by atoms with Gasteiger partial charge in [-0.05, 0) is 37.2 Å². The summed E-state index contributed by atoms with van der Waals surface area (Å²) in [6.07, 6.45) is 0. The van der Waals surface area contributed by atoms with E-state index in [-0.39, 0.29) is 0 Å². The van der Waals surface area contributed by atoms with E-state index in [9.17, 15) is 8.42 Å². The monoisotopic (exact) mass is 334 g/mol. The lowest BCUT2D eigenvalue weighted by atomic mass is 10.1. The molecule has 1 N–H and O–H groups in total. The number of nitrogens with one attached hydrogen (secondary N) is 1. The summed E-state index contributed by atoms with van der Waals surface area (Å²) >= 11 is 3.42. The van der Waals surface area contributed by atoms with Crippen molar-refractivity contribution >= 4 is 26.0 Å². The van der Waals surface area contributed by atoms with Crippen LogP contribution in [0.1, 0.15) is 18.1 Å². The van der Waals surface area contributed by atoms with Crippen LogP contribution in [0, 0.1) is 6.92 Å². The van der Waals surface area contributed by atoms with E-state index in [1.807, 2.05) is 27.0 Å². The molecule has 0 saturated carbocycles. The summed E-state index contributed by atoms with van der Waals surface area (Å²) in [7, 11) is 0.0167. The largest absolute Gasteiger partial charge is 0.316 e. The van der Waals surface area contributed by atoms with Gasteiger partial charge in [0.1, 0.15) is 0 Å². The maximum Gasteiger partial charge on any atom is 0.243 e. The molecule has 102 valence electrons. The third-order valence-corrected chi connectivity index (χ3v) is 5.75. The molecule has 0 amide bonds. The average Bonchev–Trinajstić information content (AvgIpc) is 2.32. The number of benzene rings is 1. The summed E-state index contributed by atoms with van der Waals surface area (Å²) < 4.78 is 26.9. The second-order valence-corrected chi connectivity index (χ2v) is 7.02. The van der Waals surface area contributed by atoms with Gasteiger partial charge in [0, 0.05) is 24.6 Å². The number of nitrogens with zero attached hydrogens (tertiary/aromatic N) is 1. The Morgan fingerprint density at radius 2 is 2.00 bits per heavy atom. The molecule has 0 heterocycles. The van der Waals surface area contributed by atoms with Gasteiger partial charge >= 0.3 is 0 Å². The quantitative estimate of drug-likeness (QED) is 0.897. The molecular formula is C12H19BrN2O2S. The Labute approximate surface area is 118 Å². The van der Waals surface area contributed by atoms with Gasteiger partial charge in [0.2, 0.25) is 10.0 Å². The lowest BCUT2D eigenvalue weighted by molar-refractivity contribution is 0.485. The molecule has 4 nitrogen and oxygen atoms in total. The first-order valence-electron chi connectivity index (χ1n) is 5.74. The van der Waals surface area contributed by atoms with E-state index in [4.69, 9.17) is 0 Å². The first-order chi connectivity index (χ1) is 8.34. The second kappa shape index (κ2) is 6.14. The minimum Gasteiger partial charge on any atom is -0.316 e. The molecule has 0 unspecified atom stereocenters. The Bertz CT molecular complexity index is 529. The molecule has 0 radical (unpaired) electrons. The maximum absolute atomic E-state index is 12.4. The Balaban J connectivity index is 3.40. The van der Waals surface area contributed by atoms with Crippen LogP contribution in [0.4, 0.5) is 0 Å². The van der Waals surface area contributed by atoms with Gasteiger partial charge < -0.3 is 5.32 Å². The van der Waals surface area contributed by atoms with Crippen molar-refractivity contribution in [2.24, 2.45) is 0 Å². The van der Waals surface area contributed by atoms with Crippen molar-refractivity contribution in [2.75, 3.05) is 20.6 Å². The van der Waals surface area contributed by atoms with Gasteiger partial charge in [-0.15, -0.1) is 0 Å². The second-order valence-electron chi connectivity index (χ2n) is 4.15. The highest BCUT2D eigenvalue weighted by atomic mass is 79.9. The number of hydrogen-bond acceptors (Lipinski definition) is 3. The summed E-state index contributed by atoms with van der Waals surface area (Å²) in [5.41, 5.74) is 1.69. The van der Waals surface area contributed by atoms with E-state index in [2.05, 4.69) is 21.2 Å². The van der Waals surface area contributed by atoms with Crippen LogP contribution in [0.5, 0.6) is 0 Å². The predicted octanol–water partition coefficient (Wildman–Crippen LogP) is 2.12. The summed E-state index contributed by atoms with van der Waals surface area (Å²) in [5, 5.41) is 3.02. The molecule has 0 fully saturated rings. The normalized spacial score (nSPS) is 12.1. The molecule has 1 rings (SSSR count). The van der Waals surface area contributed by atoms with E-state index in [1.54, 1.807) is 13.1 Å². The summed E-state index contributed by atoms with van der Waals surface area (Å²) in [4.78, 5) is 0.367. The van der Waals surface area contributed by atoms with Gasteiger partial charge in [0.15, 0.2) is 0 Å². The minimum absolute atomic E-state index is 0.367. The topological polar surface area (TPSA) is 49.4 Å². The fourth-order valence-corrected chi connectivity index (χ4v) is 3.73. The van der Waals surface area contributed by atoms with Crippen molar-refractivity contribution in [3.8, 4) is 0 Å². The van der Waals surface area contributed by atoms with Crippen LogP contribution in [0.2, 0.25) is 0 Å². The number of rotatable bonds is 5. The zero-order valence-corrected chi connectivity index (χ0v) is 13.5. The fourth-order valence-electron chi connectivity index (χ4n) is 1.62. The van der Waals surface area contributed by atoms with E-state index in [0.29, 0.717) is 18.0 Å². The van der Waals surface area contributed by atoms with Crippen LogP contribution in [-0.4, -0.2) is 33.4 Å². The number of hydrogen-bond donors (Lipinski definition) is 1. The molecule has 0 atom stereocenters. The van der Waals surface area contributed by atoms with Crippen LogP contribution in [0.15, 0.2) is 21.5 Å². The molecule has 0 aliphatic carbocycles. The van der Waals surface area contributed by atoms with Crippen LogP contribution < -0.4 is 5.32 Å². The van der Waals surface area contributed by atoms with E-state index in [0.717, 1.165) is 15.6 Å². The molecule has 0 spiro atoms. The van der Waals surface area contributed by atoms with E-state index < -0.39 is 10.0 Å². The van der Waals surface area contributed by atoms with Gasteiger partial charge in [-0.3, -0.25) is 0 Å². The van der Waals surface area contributed by atoms with Gasteiger partial charge in [-0.1, -0.05) is 22.9 Å². The molecule has 6 heteroatoms. The van der Waals surface area contributed by atoms with Gasteiger partial charge in [-0.25, -0.2) is 12.7 Å². The lowest BCUT2D eigenvalue weighted by Crippen LogP contribution is -2.27. The highest BCUT2D eigenvalue weighted by molar-refractivity contribution is 9.10. The van der Waals surface area contributed by atoms with Crippen molar-refractivity contribution in [3.63, 3.8) is 0 Å². The summed E-state index contributed by atoms with van der Waals surface area (Å²) in [6, 6.07) is 3.68. The first kappa shape index (κ1) is 15.6. The van der Waals surface area contributed by atoms with Gasteiger partial charge in [0.05, 0.1) is 4.90 Å². The first-order valence-corrected chi connectivity index (χ1v) is 7.97. The highest BCUT2D eigenvalue weighted by Gasteiger charge is 2.23. The molecule has 18 heavy (non-hydrogen) atoms. The van der Waals surface area contributed by atoms with E-state index >= 15 is 0 Å². The zero-order chi connectivity index (χ0) is 13.9. The third kappa shape index (κ3) is 3.12. The fraction of sp³-hybridized carbons (Fsp3) is 0.500. The SMILES string of the molecule is CCN(C)S(=O)(=O)c1cc(CNC)cc(Br)c1C. The molecule has 0 aromatic heterocycles. The maximum atomic E-state index is 12.4. The standard InChI is InChI=1S/C12H19BrN2O2S/c1-5-15(4)18(16,17)12-7-10(8-14-3)6-11(13)9(12)2/h6-7,14H,5,8H2,1-4H3. The molecule has 0 saturated heterocycles. The Morgan fingerprint density at radius 3 is 2.50 bits per heavy atom. The molecule has 0 aliphatic rings. The van der Waals surface area contributed by atoms with Crippen LogP contribution in [0.3, 0.4) is 0 Å². The molecular weight excluding hydrogens is 316 g/mol. The predicted molar refractivity (Wildman–Crippen MR) is 77.1 cm³/mol. The number of halogens is 1. The molecule has 1 aromatic rings. The summed E-state index contributed by atoms with van der Waals surface area (Å²) in [6.45, 7) is 4.72. The molecule has 1 aromatic carbocycles. The van der Waals surface area contributed by atoms with Crippen LogP contribution in [-0.2, 0) is 16.6 Å². The Morgan fingerprint density at radius 1 is 1.39 bits per heavy atom. The Kier molecular flexibility index (Phi) is 5.33. The van der Waals surface area contributed by atoms with Crippen molar-refractivity contribution in [1.29, 1.82) is 0 Å². The smallest absolute Gasteiger partial charge is 0.243 e. The van der Waals surface area contributed by atoms with Crippen molar-refractivity contribution in [2.45, 2.75) is 25.3 Å². The van der Waals surface area contributed by atoms with Crippen LogP contribution >= 0.6 is 15.9 Å². The average molecular weight is 335 g/mol. The molecule has 0 aliphatic heterocycles. The number of sulfonamides is 1. The lowest BCUT2D eigenvalue weighted by Gasteiger charge is -2.18.